The quantitative estimate of drug-likeness (QED) is 0.0146. The van der Waals surface area contributed by atoms with Gasteiger partial charge >= 0.3 is 33.6 Å². The third-order valence-electron chi connectivity index (χ3n) is 17.7. The van der Waals surface area contributed by atoms with Crippen molar-refractivity contribution in [1.82, 2.24) is 0 Å². The second-order valence-corrected chi connectivity index (χ2v) is 31.5. The molecule has 0 heterocycles. The zero-order valence-electron chi connectivity index (χ0n) is 71.4. The molecule has 0 rings (SSSR count). The Kier molecular flexibility index (Phi) is 82.5. The van der Waals surface area contributed by atoms with Crippen molar-refractivity contribution in [2.75, 3.05) is 39.6 Å². The molecule has 0 fully saturated rings. The molecule has 0 bridgehead atoms. The van der Waals surface area contributed by atoms with Crippen molar-refractivity contribution in [3.05, 3.63) is 219 Å². The SMILES string of the molecule is CC/C=C\C/C=C\C/C=C\C/C=C\C/C=C\C/C=C\CCCCCCCCCCCCC(=O)OCC(O)COP(=O)(O)OCC(O)COP(=O)(O)OCC(COC(=O)CCCCCCCC/C=C\C/C=C\C/C=C\C/C=C\C/C=C\C/C=C\CC)OC(=O)CCCCCCCC/C=C\C/C=C\C/C=C\C/C=C\C/C=C\C/C=C\CC. The molecule has 5 unspecified atom stereocenters. The van der Waals surface area contributed by atoms with Crippen molar-refractivity contribution in [2.24, 2.45) is 0 Å². The van der Waals surface area contributed by atoms with Gasteiger partial charge in [-0.3, -0.25) is 32.5 Å². The lowest BCUT2D eigenvalue weighted by molar-refractivity contribution is -0.161. The minimum Gasteiger partial charge on any atom is -0.463 e. The highest BCUT2D eigenvalue weighted by molar-refractivity contribution is 7.47. The molecule has 0 aliphatic heterocycles. The van der Waals surface area contributed by atoms with Crippen LogP contribution in [0.5, 0.6) is 0 Å². The predicted octanol–water partition coefficient (Wildman–Crippen LogP) is 27.0. The van der Waals surface area contributed by atoms with Gasteiger partial charge in [-0.25, -0.2) is 9.13 Å². The van der Waals surface area contributed by atoms with E-state index in [0.29, 0.717) is 19.3 Å². The van der Waals surface area contributed by atoms with E-state index in [0.717, 1.165) is 225 Å². The van der Waals surface area contributed by atoms with Gasteiger partial charge in [0.25, 0.3) is 0 Å². The first kappa shape index (κ1) is 109. The summed E-state index contributed by atoms with van der Waals surface area (Å²) in [4.78, 5) is 59.0. The molecule has 0 aromatic rings. The monoisotopic (exact) mass is 1640 g/mol. The van der Waals surface area contributed by atoms with E-state index in [1.165, 1.54) is 32.1 Å². The van der Waals surface area contributed by atoms with E-state index in [2.05, 4.69) is 240 Å². The first-order chi connectivity index (χ1) is 56.2. The van der Waals surface area contributed by atoms with E-state index in [1.54, 1.807) is 0 Å². The number of phosphoric acid groups is 2. The van der Waals surface area contributed by atoms with Crippen molar-refractivity contribution < 1.29 is 75.8 Å². The molecular weight excluding hydrogens is 1480 g/mol. The molecule has 4 N–H and O–H groups in total. The van der Waals surface area contributed by atoms with Crippen LogP contribution in [0, 0.1) is 0 Å². The molecule has 0 aromatic carbocycles. The molecular formula is C97H156O16P2. The Labute approximate surface area is 698 Å². The highest BCUT2D eigenvalue weighted by Gasteiger charge is 2.29. The lowest BCUT2D eigenvalue weighted by Crippen LogP contribution is -2.30. The number of carbonyl (C=O) groups is 3. The minimum absolute atomic E-state index is 0.0739. The first-order valence-corrected chi connectivity index (χ1v) is 47.0. The van der Waals surface area contributed by atoms with Crippen LogP contribution < -0.4 is 0 Å². The average molecular weight is 1640 g/mol. The van der Waals surface area contributed by atoms with Crippen LogP contribution in [-0.2, 0) is 55.8 Å². The van der Waals surface area contributed by atoms with Crippen LogP contribution >= 0.6 is 15.6 Å². The van der Waals surface area contributed by atoms with Gasteiger partial charge in [0.05, 0.1) is 26.4 Å². The van der Waals surface area contributed by atoms with Gasteiger partial charge in [-0.1, -0.05) is 342 Å². The summed E-state index contributed by atoms with van der Waals surface area (Å²) in [5, 5.41) is 20.7. The summed E-state index contributed by atoms with van der Waals surface area (Å²) in [5.74, 6) is -1.62. The molecule has 0 saturated carbocycles. The third-order valence-corrected chi connectivity index (χ3v) is 19.6. The fourth-order valence-electron chi connectivity index (χ4n) is 11.1. The summed E-state index contributed by atoms with van der Waals surface area (Å²) in [6.07, 6.45) is 118. The maximum atomic E-state index is 13.1. The van der Waals surface area contributed by atoms with Crippen molar-refractivity contribution >= 4 is 33.6 Å². The average Bonchev–Trinajstić information content (AvgIpc) is 0.902. The molecule has 0 spiro atoms. The van der Waals surface area contributed by atoms with Gasteiger partial charge in [0.1, 0.15) is 25.4 Å². The first-order valence-electron chi connectivity index (χ1n) is 44.0. The van der Waals surface area contributed by atoms with Crippen molar-refractivity contribution in [1.29, 1.82) is 0 Å². The normalized spacial score (nSPS) is 14.9. The number of ether oxygens (including phenoxy) is 3. The summed E-state index contributed by atoms with van der Waals surface area (Å²) in [7, 11) is -9.83. The number of hydrogen-bond acceptors (Lipinski definition) is 14. The molecule has 0 aromatic heterocycles. The summed E-state index contributed by atoms with van der Waals surface area (Å²) in [6, 6.07) is 0. The fraction of sp³-hybridized carbons (Fsp3) is 0.598. The van der Waals surface area contributed by atoms with E-state index < -0.39 is 91.5 Å². The highest BCUT2D eigenvalue weighted by atomic mass is 31.2. The van der Waals surface area contributed by atoms with Crippen LogP contribution in [0.4, 0.5) is 0 Å². The Morgan fingerprint density at radius 2 is 0.435 bits per heavy atom. The Morgan fingerprint density at radius 3 is 0.687 bits per heavy atom. The van der Waals surface area contributed by atoms with Gasteiger partial charge in [0, 0.05) is 19.3 Å². The Hall–Kier alpha value is -6.13. The molecule has 0 aliphatic rings. The molecule has 115 heavy (non-hydrogen) atoms. The number of phosphoric ester groups is 2. The summed E-state index contributed by atoms with van der Waals surface area (Å²) < 4.78 is 61.4. The maximum absolute atomic E-state index is 13.1. The topological polar surface area (TPSA) is 231 Å². The molecule has 5 atom stereocenters. The second-order valence-electron chi connectivity index (χ2n) is 28.5. The van der Waals surface area contributed by atoms with Crippen molar-refractivity contribution in [3.8, 4) is 0 Å². The van der Waals surface area contributed by atoms with Gasteiger partial charge in [-0.2, -0.15) is 0 Å². The van der Waals surface area contributed by atoms with Crippen LogP contribution in [0.1, 0.15) is 316 Å². The van der Waals surface area contributed by atoms with Gasteiger partial charge in [-0.15, -0.1) is 0 Å². The summed E-state index contributed by atoms with van der Waals surface area (Å²) in [6.45, 7) is 2.30. The van der Waals surface area contributed by atoms with Crippen LogP contribution in [-0.4, -0.2) is 95.9 Å². The number of carbonyl (C=O) groups excluding carboxylic acids is 3. The molecule has 18 heteroatoms. The second kappa shape index (κ2) is 87.2. The fourth-order valence-corrected chi connectivity index (χ4v) is 12.7. The zero-order valence-corrected chi connectivity index (χ0v) is 73.2. The number of unbranched alkanes of at least 4 members (excludes halogenated alkanes) is 22. The van der Waals surface area contributed by atoms with Gasteiger partial charge in [-0.05, 0) is 173 Å². The number of aliphatic hydroxyl groups is 2. The van der Waals surface area contributed by atoms with Crippen LogP contribution in [0.3, 0.4) is 0 Å². The highest BCUT2D eigenvalue weighted by Crippen LogP contribution is 2.45. The van der Waals surface area contributed by atoms with E-state index in [9.17, 15) is 43.5 Å². The van der Waals surface area contributed by atoms with Gasteiger partial charge in [0.15, 0.2) is 6.10 Å². The number of rotatable bonds is 81. The summed E-state index contributed by atoms with van der Waals surface area (Å²) in [5.41, 5.74) is 0. The largest absolute Gasteiger partial charge is 0.472 e. The molecule has 16 nitrogen and oxygen atoms in total. The van der Waals surface area contributed by atoms with Crippen molar-refractivity contribution in [2.45, 2.75) is 334 Å². The number of hydrogen-bond donors (Lipinski definition) is 4. The number of esters is 3. The smallest absolute Gasteiger partial charge is 0.463 e. The Bertz CT molecular complexity index is 2970. The van der Waals surface area contributed by atoms with Crippen LogP contribution in [0.2, 0.25) is 0 Å². The molecule has 0 saturated heterocycles. The molecule has 0 aliphatic carbocycles. The van der Waals surface area contributed by atoms with E-state index in [-0.39, 0.29) is 19.3 Å². The standard InChI is InChI=1S/C97H156O16P2/c1-4-7-10-13-16-19-22-25-28-31-34-37-40-43-44-45-46-49-51-53-56-59-62-65-68-71-74-77-80-83-95(100)107-86-92(98)87-109-114(103,104)110-88-93(99)89-111-115(105,106)112-91-94(113-97(102)85-82-79-76-73-70-67-64-61-58-55-52-48-42-39-36-33-30-27-24-21-18-15-12-9-6-3)90-108-96(101)84-81-78-75-72-69-66-63-60-57-54-50-47-41-38-35-32-29-26-23-20-17-14-11-8-5-2/h7-12,16-21,25-30,34-39,43-44,46-50,52,57-58,60-61,92-94,98-99H,4-6,13-15,22-24,31-33,40-42,45,51,53-56,59,62-91H2,1-3H3,(H,103,104)(H,105,106)/b10-7-,11-8-,12-9-,19-16-,20-17-,21-18-,28-25-,29-26-,30-27-,37-34-,38-35-,39-36-,44-43-,49-46-,50-47-,52-48-,60-57-,61-58-. The van der Waals surface area contributed by atoms with E-state index in [4.69, 9.17) is 32.3 Å². The maximum Gasteiger partial charge on any atom is 0.472 e. The molecule has 650 valence electrons. The lowest BCUT2D eigenvalue weighted by atomic mass is 10.1. The van der Waals surface area contributed by atoms with Crippen molar-refractivity contribution in [3.63, 3.8) is 0 Å². The Morgan fingerprint density at radius 1 is 0.243 bits per heavy atom. The van der Waals surface area contributed by atoms with Crippen LogP contribution in [0.25, 0.3) is 0 Å². The van der Waals surface area contributed by atoms with Crippen LogP contribution in [0.15, 0.2) is 219 Å². The number of aliphatic hydroxyl groups excluding tert-OH is 2. The number of allylic oxidation sites excluding steroid dienone is 36. The van der Waals surface area contributed by atoms with E-state index >= 15 is 0 Å². The zero-order chi connectivity index (χ0) is 83.6. The lowest BCUT2D eigenvalue weighted by Gasteiger charge is -2.21. The van der Waals surface area contributed by atoms with E-state index in [1.807, 2.05) is 0 Å². The third kappa shape index (κ3) is 88.5. The Balaban J connectivity index is 4.73. The molecule has 0 amide bonds. The van der Waals surface area contributed by atoms with Gasteiger partial charge < -0.3 is 34.2 Å². The predicted molar refractivity (Wildman–Crippen MR) is 481 cm³/mol. The summed E-state index contributed by atoms with van der Waals surface area (Å²) >= 11 is 0. The minimum atomic E-state index is -4.96. The molecule has 0 radical (unpaired) electrons. The van der Waals surface area contributed by atoms with Gasteiger partial charge in [0.2, 0.25) is 0 Å².